The monoisotopic (exact) mass is 175 g/mol. The molecule has 0 radical (unpaired) electrons. The summed E-state index contributed by atoms with van der Waals surface area (Å²) in [6, 6.07) is -0.0913. The second kappa shape index (κ2) is 5.48. The van der Waals surface area contributed by atoms with E-state index in [1.807, 2.05) is 0 Å². The first-order valence-electron chi connectivity index (χ1n) is 4.42. The lowest BCUT2D eigenvalue weighted by molar-refractivity contribution is -0.0483. The zero-order valence-electron chi connectivity index (χ0n) is 7.24. The number of aliphatic hydroxyl groups is 1. The molecule has 1 atom stereocenters. The van der Waals surface area contributed by atoms with Gasteiger partial charge in [-0.05, 0) is 19.3 Å². The molecule has 12 heavy (non-hydrogen) atoms. The Kier molecular flexibility index (Phi) is 4.53. The van der Waals surface area contributed by atoms with Crippen molar-refractivity contribution in [2.45, 2.75) is 31.6 Å². The van der Waals surface area contributed by atoms with Gasteiger partial charge >= 0.3 is 0 Å². The SMILES string of the molecule is NC(CO)CCCC1OCCO1. The normalized spacial score (nSPS) is 21.5. The van der Waals surface area contributed by atoms with Crippen molar-refractivity contribution in [3.63, 3.8) is 0 Å². The molecule has 0 saturated carbocycles. The summed E-state index contributed by atoms with van der Waals surface area (Å²) >= 11 is 0. The van der Waals surface area contributed by atoms with Crippen molar-refractivity contribution >= 4 is 0 Å². The van der Waals surface area contributed by atoms with E-state index in [1.54, 1.807) is 0 Å². The van der Waals surface area contributed by atoms with Gasteiger partial charge in [-0.3, -0.25) is 0 Å². The van der Waals surface area contributed by atoms with E-state index in [0.717, 1.165) is 19.3 Å². The van der Waals surface area contributed by atoms with Crippen molar-refractivity contribution in [1.29, 1.82) is 0 Å². The molecule has 1 saturated heterocycles. The van der Waals surface area contributed by atoms with E-state index in [2.05, 4.69) is 0 Å². The van der Waals surface area contributed by atoms with Gasteiger partial charge in [-0.15, -0.1) is 0 Å². The van der Waals surface area contributed by atoms with Crippen LogP contribution >= 0.6 is 0 Å². The average molecular weight is 175 g/mol. The molecule has 0 spiro atoms. The first-order chi connectivity index (χ1) is 5.83. The number of nitrogens with two attached hydrogens (primary N) is 1. The summed E-state index contributed by atoms with van der Waals surface area (Å²) in [5.74, 6) is 0. The molecule has 0 aromatic rings. The van der Waals surface area contributed by atoms with E-state index in [0.29, 0.717) is 13.2 Å². The van der Waals surface area contributed by atoms with Crippen molar-refractivity contribution in [2.24, 2.45) is 5.73 Å². The Labute approximate surface area is 72.6 Å². The molecule has 1 unspecified atom stereocenters. The average Bonchev–Trinajstić information content (AvgIpc) is 2.57. The van der Waals surface area contributed by atoms with Crippen LogP contribution in [0.3, 0.4) is 0 Å². The standard InChI is InChI=1S/C8H17NO3/c9-7(6-10)2-1-3-8-11-4-5-12-8/h7-8,10H,1-6,9H2. The van der Waals surface area contributed by atoms with Crippen molar-refractivity contribution < 1.29 is 14.6 Å². The Bertz CT molecular complexity index is 115. The van der Waals surface area contributed by atoms with Gasteiger partial charge in [0.15, 0.2) is 6.29 Å². The lowest BCUT2D eigenvalue weighted by atomic mass is 10.1. The highest BCUT2D eigenvalue weighted by Gasteiger charge is 2.15. The summed E-state index contributed by atoms with van der Waals surface area (Å²) in [5, 5.41) is 8.64. The van der Waals surface area contributed by atoms with Crippen LogP contribution in [0.1, 0.15) is 19.3 Å². The quantitative estimate of drug-likeness (QED) is 0.610. The molecule has 1 aliphatic rings. The van der Waals surface area contributed by atoms with Crippen LogP contribution in [0.15, 0.2) is 0 Å². The van der Waals surface area contributed by atoms with Crippen LogP contribution in [0.2, 0.25) is 0 Å². The summed E-state index contributed by atoms with van der Waals surface area (Å²) in [6.45, 7) is 1.47. The molecular formula is C8H17NO3. The molecule has 4 nitrogen and oxygen atoms in total. The fourth-order valence-electron chi connectivity index (χ4n) is 1.21. The van der Waals surface area contributed by atoms with Gasteiger partial charge in [0.05, 0.1) is 19.8 Å². The zero-order chi connectivity index (χ0) is 8.81. The molecule has 1 fully saturated rings. The topological polar surface area (TPSA) is 64.7 Å². The maximum atomic E-state index is 8.64. The summed E-state index contributed by atoms with van der Waals surface area (Å²) < 4.78 is 10.5. The number of hydrogen-bond donors (Lipinski definition) is 2. The molecule has 1 heterocycles. The molecule has 4 heteroatoms. The third-order valence-electron chi connectivity index (χ3n) is 1.94. The molecule has 0 aromatic carbocycles. The van der Waals surface area contributed by atoms with Crippen molar-refractivity contribution in [2.75, 3.05) is 19.8 Å². The van der Waals surface area contributed by atoms with Crippen LogP contribution in [0.4, 0.5) is 0 Å². The number of rotatable bonds is 5. The molecule has 3 N–H and O–H groups in total. The molecular weight excluding hydrogens is 158 g/mol. The molecule has 0 amide bonds. The van der Waals surface area contributed by atoms with Crippen LogP contribution in [-0.4, -0.2) is 37.3 Å². The van der Waals surface area contributed by atoms with Crippen LogP contribution in [0, 0.1) is 0 Å². The highest BCUT2D eigenvalue weighted by Crippen LogP contribution is 2.11. The molecule has 0 bridgehead atoms. The predicted molar refractivity (Wildman–Crippen MR) is 44.6 cm³/mol. The first-order valence-corrected chi connectivity index (χ1v) is 4.42. The molecule has 1 rings (SSSR count). The van der Waals surface area contributed by atoms with Gasteiger partial charge in [-0.25, -0.2) is 0 Å². The third kappa shape index (κ3) is 3.49. The molecule has 1 aliphatic heterocycles. The van der Waals surface area contributed by atoms with Crippen molar-refractivity contribution in [3.8, 4) is 0 Å². The highest BCUT2D eigenvalue weighted by atomic mass is 16.7. The Morgan fingerprint density at radius 1 is 1.42 bits per heavy atom. The predicted octanol–water partition coefficient (Wildman–Crippen LogP) is -0.151. The van der Waals surface area contributed by atoms with E-state index < -0.39 is 0 Å². The van der Waals surface area contributed by atoms with Crippen LogP contribution in [0.5, 0.6) is 0 Å². The van der Waals surface area contributed by atoms with Crippen LogP contribution in [-0.2, 0) is 9.47 Å². The Balaban J connectivity index is 1.94. The van der Waals surface area contributed by atoms with E-state index in [-0.39, 0.29) is 18.9 Å². The molecule has 0 aliphatic carbocycles. The van der Waals surface area contributed by atoms with Gasteiger partial charge in [-0.2, -0.15) is 0 Å². The lowest BCUT2D eigenvalue weighted by Crippen LogP contribution is -2.24. The number of ether oxygens (including phenoxy) is 2. The maximum Gasteiger partial charge on any atom is 0.157 e. The third-order valence-corrected chi connectivity index (χ3v) is 1.94. The molecule has 72 valence electrons. The van der Waals surface area contributed by atoms with Crippen LogP contribution < -0.4 is 5.73 Å². The summed E-state index contributed by atoms with van der Waals surface area (Å²) in [7, 11) is 0. The van der Waals surface area contributed by atoms with Gasteiger partial charge in [-0.1, -0.05) is 0 Å². The van der Waals surface area contributed by atoms with Gasteiger partial charge in [0.2, 0.25) is 0 Å². The number of hydrogen-bond acceptors (Lipinski definition) is 4. The minimum atomic E-state index is -0.0913. The molecule has 0 aromatic heterocycles. The largest absolute Gasteiger partial charge is 0.395 e. The van der Waals surface area contributed by atoms with Crippen molar-refractivity contribution in [3.05, 3.63) is 0 Å². The summed E-state index contributed by atoms with van der Waals surface area (Å²) in [5.41, 5.74) is 5.53. The van der Waals surface area contributed by atoms with E-state index >= 15 is 0 Å². The second-order valence-corrected chi connectivity index (χ2v) is 3.04. The Morgan fingerprint density at radius 2 is 2.08 bits per heavy atom. The minimum Gasteiger partial charge on any atom is -0.395 e. The first kappa shape index (κ1) is 9.92. The lowest BCUT2D eigenvalue weighted by Gasteiger charge is -2.10. The van der Waals surface area contributed by atoms with Crippen LogP contribution in [0.25, 0.3) is 0 Å². The Hall–Kier alpha value is -0.160. The maximum absolute atomic E-state index is 8.64. The number of aliphatic hydroxyl groups excluding tert-OH is 1. The van der Waals surface area contributed by atoms with E-state index in [1.165, 1.54) is 0 Å². The smallest absolute Gasteiger partial charge is 0.157 e. The van der Waals surface area contributed by atoms with Gasteiger partial charge in [0.25, 0.3) is 0 Å². The highest BCUT2D eigenvalue weighted by molar-refractivity contribution is 4.60. The van der Waals surface area contributed by atoms with Gasteiger partial charge in [0, 0.05) is 6.04 Å². The van der Waals surface area contributed by atoms with E-state index in [9.17, 15) is 0 Å². The Morgan fingerprint density at radius 3 is 2.67 bits per heavy atom. The second-order valence-electron chi connectivity index (χ2n) is 3.04. The van der Waals surface area contributed by atoms with Crippen molar-refractivity contribution in [1.82, 2.24) is 0 Å². The fourth-order valence-corrected chi connectivity index (χ4v) is 1.21. The summed E-state index contributed by atoms with van der Waals surface area (Å²) in [6.07, 6.45) is 2.63. The van der Waals surface area contributed by atoms with Gasteiger partial charge in [0.1, 0.15) is 0 Å². The zero-order valence-corrected chi connectivity index (χ0v) is 7.24. The fraction of sp³-hybridized carbons (Fsp3) is 1.00. The van der Waals surface area contributed by atoms with Gasteiger partial charge < -0.3 is 20.3 Å². The minimum absolute atomic E-state index is 0.0316. The summed E-state index contributed by atoms with van der Waals surface area (Å²) in [4.78, 5) is 0. The van der Waals surface area contributed by atoms with E-state index in [4.69, 9.17) is 20.3 Å².